The minimum Gasteiger partial charge on any atom is -0.350 e. The molecule has 1 aliphatic heterocycles. The van der Waals surface area contributed by atoms with Gasteiger partial charge in [-0.25, -0.2) is 14.4 Å². The summed E-state index contributed by atoms with van der Waals surface area (Å²) in [4.78, 5) is 8.62. The molecule has 0 bridgehead atoms. The quantitative estimate of drug-likeness (QED) is 0.850. The van der Waals surface area contributed by atoms with E-state index in [2.05, 4.69) is 20.6 Å². The molecule has 1 unspecified atom stereocenters. The zero-order chi connectivity index (χ0) is 12.4. The number of piperidine rings is 1. The lowest BCUT2D eigenvalue weighted by molar-refractivity contribution is 0.478. The zero-order valence-corrected chi connectivity index (χ0v) is 9.99. The summed E-state index contributed by atoms with van der Waals surface area (Å²) in [5.41, 5.74) is 0.762. The van der Waals surface area contributed by atoms with Crippen molar-refractivity contribution in [2.24, 2.45) is 0 Å². The van der Waals surface area contributed by atoms with E-state index in [1.807, 2.05) is 0 Å². The summed E-state index contributed by atoms with van der Waals surface area (Å²) in [5, 5.41) is 7.37. The Hall–Kier alpha value is -1.75. The Bertz CT molecular complexity index is 552. The van der Waals surface area contributed by atoms with Gasteiger partial charge in [0.15, 0.2) is 0 Å². The van der Waals surface area contributed by atoms with Gasteiger partial charge in [0.25, 0.3) is 0 Å². The number of rotatable bonds is 2. The highest BCUT2D eigenvalue weighted by Gasteiger charge is 2.13. The van der Waals surface area contributed by atoms with Gasteiger partial charge in [-0.2, -0.15) is 0 Å². The Labute approximate surface area is 105 Å². The number of halogens is 1. The number of hydrogen-bond acceptors (Lipinski definition) is 4. The molecule has 1 saturated heterocycles. The van der Waals surface area contributed by atoms with E-state index in [9.17, 15) is 4.39 Å². The molecule has 2 heterocycles. The minimum absolute atomic E-state index is 0.261. The van der Waals surface area contributed by atoms with Gasteiger partial charge in [-0.05, 0) is 37.6 Å². The highest BCUT2D eigenvalue weighted by Crippen LogP contribution is 2.15. The van der Waals surface area contributed by atoms with Crippen molar-refractivity contribution >= 4 is 16.9 Å². The third kappa shape index (κ3) is 2.41. The number of nitrogens with one attached hydrogen (secondary N) is 2. The van der Waals surface area contributed by atoms with Crippen molar-refractivity contribution in [3.63, 3.8) is 0 Å². The number of benzene rings is 1. The van der Waals surface area contributed by atoms with Crippen molar-refractivity contribution in [2.75, 3.05) is 18.4 Å². The van der Waals surface area contributed by atoms with Gasteiger partial charge in [-0.15, -0.1) is 0 Å². The van der Waals surface area contributed by atoms with E-state index in [1.54, 1.807) is 12.3 Å². The van der Waals surface area contributed by atoms with Crippen molar-refractivity contribution < 1.29 is 4.39 Å². The molecule has 2 N–H and O–H groups in total. The predicted molar refractivity (Wildman–Crippen MR) is 69.0 cm³/mol. The summed E-state index contributed by atoms with van der Waals surface area (Å²) in [6.07, 6.45) is 3.94. The molecule has 0 radical (unpaired) electrons. The van der Waals surface area contributed by atoms with Gasteiger partial charge < -0.3 is 10.6 Å². The number of fused-ring (bicyclic) bond motifs is 1. The SMILES string of the molecule is Fc1ccc2nc(NC3CCCNC3)ncc2c1. The van der Waals surface area contributed by atoms with Gasteiger partial charge in [0.2, 0.25) is 5.95 Å². The molecule has 3 rings (SSSR count). The first kappa shape index (κ1) is 11.3. The molecule has 18 heavy (non-hydrogen) atoms. The normalized spacial score (nSPS) is 19.9. The maximum Gasteiger partial charge on any atom is 0.223 e. The van der Waals surface area contributed by atoms with Crippen LogP contribution < -0.4 is 10.6 Å². The van der Waals surface area contributed by atoms with Crippen molar-refractivity contribution in [3.8, 4) is 0 Å². The van der Waals surface area contributed by atoms with E-state index in [0.717, 1.165) is 36.8 Å². The summed E-state index contributed by atoms with van der Waals surface area (Å²) < 4.78 is 13.0. The molecule has 0 amide bonds. The van der Waals surface area contributed by atoms with Crippen LogP contribution in [0.2, 0.25) is 0 Å². The fraction of sp³-hybridized carbons (Fsp3) is 0.385. The second-order valence-electron chi connectivity index (χ2n) is 4.58. The Morgan fingerprint density at radius 2 is 2.33 bits per heavy atom. The molecule has 2 aromatic rings. The highest BCUT2D eigenvalue weighted by molar-refractivity contribution is 5.78. The molecule has 94 valence electrons. The molecular formula is C13H15FN4. The molecule has 1 aromatic carbocycles. The average molecular weight is 246 g/mol. The number of hydrogen-bond donors (Lipinski definition) is 2. The first-order chi connectivity index (χ1) is 8.81. The fourth-order valence-electron chi connectivity index (χ4n) is 2.23. The van der Waals surface area contributed by atoms with Crippen molar-refractivity contribution in [1.29, 1.82) is 0 Å². The molecule has 0 aliphatic carbocycles. The smallest absolute Gasteiger partial charge is 0.223 e. The molecule has 0 saturated carbocycles. The van der Waals surface area contributed by atoms with Crippen LogP contribution in [0, 0.1) is 5.82 Å². The van der Waals surface area contributed by atoms with Crippen LogP contribution in [0.3, 0.4) is 0 Å². The Balaban J connectivity index is 1.82. The first-order valence-electron chi connectivity index (χ1n) is 6.21. The second-order valence-corrected chi connectivity index (χ2v) is 4.58. The van der Waals surface area contributed by atoms with Crippen LogP contribution >= 0.6 is 0 Å². The lowest BCUT2D eigenvalue weighted by Crippen LogP contribution is -2.38. The monoisotopic (exact) mass is 246 g/mol. The standard InChI is InChI=1S/C13H15FN4/c14-10-3-4-12-9(6-10)7-16-13(18-12)17-11-2-1-5-15-8-11/h3-4,6-7,11,15H,1-2,5,8H2,(H,16,17,18). The van der Waals surface area contributed by atoms with Crippen molar-refractivity contribution in [3.05, 3.63) is 30.2 Å². The van der Waals surface area contributed by atoms with Crippen LogP contribution in [0.5, 0.6) is 0 Å². The molecule has 1 aromatic heterocycles. The van der Waals surface area contributed by atoms with Gasteiger partial charge in [0.05, 0.1) is 5.52 Å². The number of aromatic nitrogens is 2. The largest absolute Gasteiger partial charge is 0.350 e. The summed E-state index contributed by atoms with van der Waals surface area (Å²) in [7, 11) is 0. The van der Waals surface area contributed by atoms with Crippen LogP contribution in [0.25, 0.3) is 10.9 Å². The number of nitrogens with zero attached hydrogens (tertiary/aromatic N) is 2. The molecule has 4 nitrogen and oxygen atoms in total. The van der Waals surface area contributed by atoms with Gasteiger partial charge in [-0.1, -0.05) is 0 Å². The van der Waals surface area contributed by atoms with Crippen LogP contribution in [-0.2, 0) is 0 Å². The van der Waals surface area contributed by atoms with Crippen LogP contribution in [0.1, 0.15) is 12.8 Å². The maximum atomic E-state index is 13.0. The van der Waals surface area contributed by atoms with Crippen LogP contribution in [0.15, 0.2) is 24.4 Å². The van der Waals surface area contributed by atoms with Crippen molar-refractivity contribution in [2.45, 2.75) is 18.9 Å². The lowest BCUT2D eigenvalue weighted by Gasteiger charge is -2.23. The van der Waals surface area contributed by atoms with Crippen LogP contribution in [0.4, 0.5) is 10.3 Å². The van der Waals surface area contributed by atoms with E-state index >= 15 is 0 Å². The summed E-state index contributed by atoms with van der Waals surface area (Å²) in [6, 6.07) is 4.91. The van der Waals surface area contributed by atoms with E-state index < -0.39 is 0 Å². The predicted octanol–water partition coefficient (Wildman–Crippen LogP) is 1.93. The fourth-order valence-corrected chi connectivity index (χ4v) is 2.23. The molecule has 1 aliphatic rings. The third-order valence-corrected chi connectivity index (χ3v) is 3.17. The summed E-state index contributed by atoms with van der Waals surface area (Å²) >= 11 is 0. The van der Waals surface area contributed by atoms with Gasteiger partial charge in [0, 0.05) is 24.2 Å². The van der Waals surface area contributed by atoms with Gasteiger partial charge in [0.1, 0.15) is 5.82 Å². The van der Waals surface area contributed by atoms with E-state index in [4.69, 9.17) is 0 Å². The lowest BCUT2D eigenvalue weighted by atomic mass is 10.1. The molecule has 1 atom stereocenters. The Morgan fingerprint density at radius 3 is 3.17 bits per heavy atom. The van der Waals surface area contributed by atoms with Crippen molar-refractivity contribution in [1.82, 2.24) is 15.3 Å². The average Bonchev–Trinajstić information content (AvgIpc) is 2.40. The molecule has 5 heteroatoms. The zero-order valence-electron chi connectivity index (χ0n) is 9.99. The van der Waals surface area contributed by atoms with E-state index in [1.165, 1.54) is 12.1 Å². The highest BCUT2D eigenvalue weighted by atomic mass is 19.1. The Morgan fingerprint density at radius 1 is 1.39 bits per heavy atom. The third-order valence-electron chi connectivity index (χ3n) is 3.17. The Kier molecular flexibility index (Phi) is 3.06. The second kappa shape index (κ2) is 4.86. The van der Waals surface area contributed by atoms with Gasteiger partial charge in [-0.3, -0.25) is 0 Å². The van der Waals surface area contributed by atoms with Crippen LogP contribution in [-0.4, -0.2) is 29.1 Å². The molecule has 0 spiro atoms. The minimum atomic E-state index is -0.261. The molecular weight excluding hydrogens is 231 g/mol. The molecule has 1 fully saturated rings. The van der Waals surface area contributed by atoms with E-state index in [0.29, 0.717) is 12.0 Å². The number of anilines is 1. The topological polar surface area (TPSA) is 49.8 Å². The van der Waals surface area contributed by atoms with E-state index in [-0.39, 0.29) is 5.82 Å². The first-order valence-corrected chi connectivity index (χ1v) is 6.21. The maximum absolute atomic E-state index is 13.0. The summed E-state index contributed by atoms with van der Waals surface area (Å²) in [6.45, 7) is 2.01. The van der Waals surface area contributed by atoms with Gasteiger partial charge >= 0.3 is 0 Å². The summed E-state index contributed by atoms with van der Waals surface area (Å²) in [5.74, 6) is 0.353.